The number of aromatic nitrogens is 2. The summed E-state index contributed by atoms with van der Waals surface area (Å²) < 4.78 is 48.7. The van der Waals surface area contributed by atoms with E-state index in [9.17, 15) is 16.8 Å². The van der Waals surface area contributed by atoms with Gasteiger partial charge in [-0.3, -0.25) is 4.68 Å². The molecule has 3 N–H and O–H groups in total. The number of primary sulfonamides is 1. The van der Waals surface area contributed by atoms with Crippen LogP contribution in [0.25, 0.3) is 0 Å². The molecule has 1 heterocycles. The molecular formula is C6H12N4O4S2. The van der Waals surface area contributed by atoms with Crippen molar-refractivity contribution in [3.05, 3.63) is 6.20 Å². The molecule has 0 bridgehead atoms. The molecule has 16 heavy (non-hydrogen) atoms. The fourth-order valence-corrected chi connectivity index (χ4v) is 3.45. The molecule has 0 spiro atoms. The van der Waals surface area contributed by atoms with Crippen LogP contribution in [0.15, 0.2) is 16.1 Å². The molecule has 0 saturated heterocycles. The minimum atomic E-state index is -4.17. The van der Waals surface area contributed by atoms with Gasteiger partial charge in [0.2, 0.25) is 15.0 Å². The molecule has 0 radical (unpaired) electrons. The second-order valence-electron chi connectivity index (χ2n) is 3.02. The molecule has 0 aliphatic heterocycles. The van der Waals surface area contributed by atoms with Crippen LogP contribution < -0.4 is 9.86 Å². The second kappa shape index (κ2) is 4.13. The molecule has 0 saturated carbocycles. The number of hydrogen-bond acceptors (Lipinski definition) is 5. The highest BCUT2D eigenvalue weighted by molar-refractivity contribution is 7.92. The van der Waals surface area contributed by atoms with Gasteiger partial charge in [0.05, 0.1) is 0 Å². The first kappa shape index (κ1) is 13.1. The van der Waals surface area contributed by atoms with Gasteiger partial charge in [-0.1, -0.05) is 6.92 Å². The van der Waals surface area contributed by atoms with Crippen LogP contribution in [-0.4, -0.2) is 33.2 Å². The van der Waals surface area contributed by atoms with Gasteiger partial charge in [0, 0.05) is 19.8 Å². The third-order valence-corrected chi connectivity index (χ3v) is 4.17. The molecular weight excluding hydrogens is 256 g/mol. The van der Waals surface area contributed by atoms with Crippen LogP contribution in [0.2, 0.25) is 0 Å². The predicted molar refractivity (Wildman–Crippen MR) is 55.4 cm³/mol. The average Bonchev–Trinajstić information content (AvgIpc) is 2.46. The Labute approximate surface area is 93.5 Å². The van der Waals surface area contributed by atoms with Crippen molar-refractivity contribution < 1.29 is 16.8 Å². The van der Waals surface area contributed by atoms with Gasteiger partial charge in [-0.15, -0.1) is 0 Å². The van der Waals surface area contributed by atoms with Gasteiger partial charge in [0.15, 0.2) is 0 Å². The number of aryl methyl sites for hydroxylation is 1. The summed E-state index contributed by atoms with van der Waals surface area (Å²) in [6.07, 6.45) is 1.08. The summed E-state index contributed by atoms with van der Waals surface area (Å²) in [6.45, 7) is 1.71. The van der Waals surface area contributed by atoms with E-state index >= 15 is 0 Å². The first-order valence-electron chi connectivity index (χ1n) is 4.24. The lowest BCUT2D eigenvalue weighted by Gasteiger charge is -2.02. The summed E-state index contributed by atoms with van der Waals surface area (Å²) in [5, 5.41) is 7.73. The van der Waals surface area contributed by atoms with Crippen LogP contribution in [0.5, 0.6) is 0 Å². The van der Waals surface area contributed by atoms with Crippen molar-refractivity contribution in [2.45, 2.75) is 16.8 Å². The Hall–Kier alpha value is -0.970. The van der Waals surface area contributed by atoms with Crippen molar-refractivity contribution in [2.24, 2.45) is 12.2 Å². The first-order valence-corrected chi connectivity index (χ1v) is 7.27. The smallest absolute Gasteiger partial charge is 0.258 e. The summed E-state index contributed by atoms with van der Waals surface area (Å²) in [5.41, 5.74) is 0. The molecule has 0 fully saturated rings. The van der Waals surface area contributed by atoms with E-state index in [2.05, 4.69) is 9.82 Å². The summed E-state index contributed by atoms with van der Waals surface area (Å²) >= 11 is 0. The second-order valence-corrected chi connectivity index (χ2v) is 6.23. The Morgan fingerprint density at radius 1 is 1.44 bits per heavy atom. The normalized spacial score (nSPS) is 12.9. The van der Waals surface area contributed by atoms with Crippen molar-refractivity contribution in [3.8, 4) is 0 Å². The molecule has 1 aromatic heterocycles. The Bertz CT molecular complexity index is 586. The van der Waals surface area contributed by atoms with Crippen molar-refractivity contribution in [2.75, 3.05) is 6.54 Å². The predicted octanol–water partition coefficient (Wildman–Crippen LogP) is -1.63. The summed E-state index contributed by atoms with van der Waals surface area (Å²) in [7, 11) is -6.66. The minimum Gasteiger partial charge on any atom is -0.273 e. The zero-order chi connectivity index (χ0) is 12.6. The molecule has 0 unspecified atom stereocenters. The number of rotatable bonds is 4. The lowest BCUT2D eigenvalue weighted by molar-refractivity contribution is 0.572. The number of nitrogens with two attached hydrogens (primary N) is 1. The van der Waals surface area contributed by atoms with Gasteiger partial charge in [-0.05, 0) is 0 Å². The summed E-state index contributed by atoms with van der Waals surface area (Å²) in [6, 6.07) is 0. The summed E-state index contributed by atoms with van der Waals surface area (Å²) in [4.78, 5) is -0.445. The van der Waals surface area contributed by atoms with Crippen molar-refractivity contribution in [1.82, 2.24) is 14.5 Å². The fourth-order valence-electron chi connectivity index (χ4n) is 1.10. The third kappa shape index (κ3) is 2.58. The molecule has 8 nitrogen and oxygen atoms in total. The zero-order valence-corrected chi connectivity index (χ0v) is 10.3. The number of hydrogen-bond donors (Lipinski definition) is 2. The standard InChI is InChI=1S/C6H12N4O4S2/c1-3-8-16(13,14)5-4-10(2)9-6(5)15(7,11)12/h4,8H,3H2,1-2H3,(H2,7,11,12). The zero-order valence-electron chi connectivity index (χ0n) is 8.71. The summed E-state index contributed by atoms with van der Waals surface area (Å²) in [5.74, 6) is 0. The quantitative estimate of drug-likeness (QED) is 0.678. The SMILES string of the molecule is CCNS(=O)(=O)c1cn(C)nc1S(N)(=O)=O. The monoisotopic (exact) mass is 268 g/mol. The lowest BCUT2D eigenvalue weighted by Crippen LogP contribution is -2.25. The van der Waals surface area contributed by atoms with Crippen LogP contribution in [0, 0.1) is 0 Å². The molecule has 0 atom stereocenters. The highest BCUT2D eigenvalue weighted by Crippen LogP contribution is 2.17. The van der Waals surface area contributed by atoms with E-state index < -0.39 is 30.0 Å². The van der Waals surface area contributed by atoms with Crippen LogP contribution >= 0.6 is 0 Å². The number of nitrogens with zero attached hydrogens (tertiary/aromatic N) is 2. The van der Waals surface area contributed by atoms with Gasteiger partial charge in [-0.25, -0.2) is 26.7 Å². The fraction of sp³-hybridized carbons (Fsp3) is 0.500. The molecule has 0 aromatic carbocycles. The Kier molecular flexibility index (Phi) is 3.38. The van der Waals surface area contributed by atoms with E-state index in [4.69, 9.17) is 5.14 Å². The number of nitrogens with one attached hydrogen (secondary N) is 1. The van der Waals surface area contributed by atoms with Crippen molar-refractivity contribution in [3.63, 3.8) is 0 Å². The van der Waals surface area contributed by atoms with Crippen molar-refractivity contribution in [1.29, 1.82) is 0 Å². The maximum absolute atomic E-state index is 11.6. The van der Waals surface area contributed by atoms with E-state index in [1.165, 1.54) is 7.05 Å². The van der Waals surface area contributed by atoms with E-state index in [0.29, 0.717) is 0 Å². The van der Waals surface area contributed by atoms with Gasteiger partial charge >= 0.3 is 0 Å². The van der Waals surface area contributed by atoms with E-state index in [0.717, 1.165) is 10.9 Å². The lowest BCUT2D eigenvalue weighted by atomic mass is 10.7. The molecule has 92 valence electrons. The number of sulfonamides is 2. The Balaban J connectivity index is 3.47. The molecule has 0 aliphatic carbocycles. The van der Waals surface area contributed by atoms with E-state index in [1.54, 1.807) is 6.92 Å². The van der Waals surface area contributed by atoms with Crippen LogP contribution in [-0.2, 0) is 27.1 Å². The van der Waals surface area contributed by atoms with E-state index in [-0.39, 0.29) is 6.54 Å². The van der Waals surface area contributed by atoms with Gasteiger partial charge in [0.25, 0.3) is 10.0 Å². The molecule has 1 rings (SSSR count). The maximum atomic E-state index is 11.6. The van der Waals surface area contributed by atoms with Gasteiger partial charge < -0.3 is 0 Å². The van der Waals surface area contributed by atoms with Crippen molar-refractivity contribution >= 4 is 20.0 Å². The topological polar surface area (TPSA) is 124 Å². The Morgan fingerprint density at radius 2 is 2.00 bits per heavy atom. The van der Waals surface area contributed by atoms with Gasteiger partial charge in [0.1, 0.15) is 4.90 Å². The molecule has 0 aliphatic rings. The van der Waals surface area contributed by atoms with E-state index in [1.807, 2.05) is 0 Å². The molecule has 1 aromatic rings. The van der Waals surface area contributed by atoms with Crippen LogP contribution in [0.3, 0.4) is 0 Å². The highest BCUT2D eigenvalue weighted by atomic mass is 32.2. The Morgan fingerprint density at radius 3 is 2.44 bits per heavy atom. The van der Waals surface area contributed by atoms with Crippen LogP contribution in [0.1, 0.15) is 6.92 Å². The average molecular weight is 268 g/mol. The van der Waals surface area contributed by atoms with Gasteiger partial charge in [-0.2, -0.15) is 5.10 Å². The van der Waals surface area contributed by atoms with Crippen LogP contribution in [0.4, 0.5) is 0 Å². The molecule has 0 amide bonds. The third-order valence-electron chi connectivity index (χ3n) is 1.66. The molecule has 10 heteroatoms. The highest BCUT2D eigenvalue weighted by Gasteiger charge is 2.27. The maximum Gasteiger partial charge on any atom is 0.258 e. The largest absolute Gasteiger partial charge is 0.273 e. The minimum absolute atomic E-state index is 0.140. The first-order chi connectivity index (χ1) is 7.18.